The molecule has 1 unspecified atom stereocenters. The van der Waals surface area contributed by atoms with E-state index < -0.39 is 15.9 Å². The Morgan fingerprint density at radius 1 is 1.40 bits per heavy atom. The van der Waals surface area contributed by atoms with Crippen molar-refractivity contribution >= 4 is 21.6 Å². The lowest BCUT2D eigenvalue weighted by Gasteiger charge is -2.11. The van der Waals surface area contributed by atoms with Crippen molar-refractivity contribution in [3.63, 3.8) is 0 Å². The summed E-state index contributed by atoms with van der Waals surface area (Å²) in [5.74, 6) is 0.289. The van der Waals surface area contributed by atoms with Crippen molar-refractivity contribution in [2.24, 2.45) is 5.92 Å². The number of carbonyl (C=O) groups excluding carboxylic acids is 1. The molecule has 1 atom stereocenters. The maximum Gasteiger partial charge on any atom is 0.319 e. The highest BCUT2D eigenvalue weighted by Gasteiger charge is 2.27. The molecule has 2 rings (SSSR count). The van der Waals surface area contributed by atoms with Gasteiger partial charge < -0.3 is 10.6 Å². The highest BCUT2D eigenvalue weighted by atomic mass is 32.2. The molecule has 2 amide bonds. The van der Waals surface area contributed by atoms with Crippen LogP contribution >= 0.6 is 0 Å². The summed E-state index contributed by atoms with van der Waals surface area (Å²) in [4.78, 5) is 11.7. The summed E-state index contributed by atoms with van der Waals surface area (Å²) in [5.41, 5.74) is 0.817. The molecule has 6 nitrogen and oxygen atoms in total. The zero-order valence-corrected chi connectivity index (χ0v) is 11.6. The number of nitrogens with zero attached hydrogens (tertiary/aromatic N) is 1. The van der Waals surface area contributed by atoms with E-state index in [2.05, 4.69) is 10.6 Å². The maximum atomic E-state index is 11.7. The van der Waals surface area contributed by atoms with Crippen LogP contribution in [0.5, 0.6) is 0 Å². The molecule has 0 bridgehead atoms. The van der Waals surface area contributed by atoms with Crippen molar-refractivity contribution in [2.75, 3.05) is 23.4 Å². The van der Waals surface area contributed by atoms with E-state index in [1.165, 1.54) is 0 Å². The van der Waals surface area contributed by atoms with Crippen molar-refractivity contribution in [2.45, 2.75) is 6.42 Å². The van der Waals surface area contributed by atoms with Crippen LogP contribution in [0.3, 0.4) is 0 Å². The predicted octanol–water partition coefficient (Wildman–Crippen LogP) is 1.11. The molecule has 20 heavy (non-hydrogen) atoms. The highest BCUT2D eigenvalue weighted by Crippen LogP contribution is 2.17. The minimum absolute atomic E-state index is 0.0306. The normalized spacial score (nSPS) is 20.1. The number of benzene rings is 1. The summed E-state index contributed by atoms with van der Waals surface area (Å²) in [5, 5.41) is 14.1. The summed E-state index contributed by atoms with van der Waals surface area (Å²) in [7, 11) is -2.93. The second kappa shape index (κ2) is 5.92. The standard InChI is InChI=1S/C13H15N3O3S/c14-7-11-3-1-2-4-12(11)16-13(17)15-8-10-5-6-20(18,19)9-10/h1-4,10H,5-6,8-9H2,(H2,15,16,17). The molecule has 1 aliphatic heterocycles. The Kier molecular flexibility index (Phi) is 4.25. The SMILES string of the molecule is N#Cc1ccccc1NC(=O)NCC1CCS(=O)(=O)C1. The van der Waals surface area contributed by atoms with E-state index in [0.29, 0.717) is 24.2 Å². The summed E-state index contributed by atoms with van der Waals surface area (Å²) < 4.78 is 22.6. The number of urea groups is 1. The van der Waals surface area contributed by atoms with Gasteiger partial charge in [-0.05, 0) is 24.5 Å². The van der Waals surface area contributed by atoms with Gasteiger partial charge in [0.15, 0.2) is 9.84 Å². The van der Waals surface area contributed by atoms with E-state index in [9.17, 15) is 13.2 Å². The number of amides is 2. The largest absolute Gasteiger partial charge is 0.338 e. The molecule has 2 N–H and O–H groups in total. The van der Waals surface area contributed by atoms with E-state index >= 15 is 0 Å². The second-order valence-corrected chi connectivity index (χ2v) is 6.99. The third-order valence-corrected chi connectivity index (χ3v) is 5.01. The van der Waals surface area contributed by atoms with Gasteiger partial charge in [-0.15, -0.1) is 0 Å². The first kappa shape index (κ1) is 14.3. The molecule has 0 spiro atoms. The lowest BCUT2D eigenvalue weighted by molar-refractivity contribution is 0.250. The fourth-order valence-electron chi connectivity index (χ4n) is 2.13. The van der Waals surface area contributed by atoms with Crippen LogP contribution in [-0.4, -0.2) is 32.5 Å². The first-order chi connectivity index (χ1) is 9.50. The lowest BCUT2D eigenvalue weighted by Crippen LogP contribution is -2.33. The van der Waals surface area contributed by atoms with Crippen molar-refractivity contribution in [1.82, 2.24) is 5.32 Å². The van der Waals surface area contributed by atoms with Crippen LogP contribution in [0, 0.1) is 17.2 Å². The molecule has 1 saturated heterocycles. The van der Waals surface area contributed by atoms with Gasteiger partial charge in [-0.25, -0.2) is 13.2 Å². The van der Waals surface area contributed by atoms with Crippen LogP contribution in [0.4, 0.5) is 10.5 Å². The molecule has 106 valence electrons. The quantitative estimate of drug-likeness (QED) is 0.872. The Morgan fingerprint density at radius 2 is 2.15 bits per heavy atom. The smallest absolute Gasteiger partial charge is 0.319 e. The zero-order valence-electron chi connectivity index (χ0n) is 10.8. The monoisotopic (exact) mass is 293 g/mol. The number of anilines is 1. The van der Waals surface area contributed by atoms with Crippen LogP contribution in [0.2, 0.25) is 0 Å². The molecular weight excluding hydrogens is 278 g/mol. The number of hydrogen-bond donors (Lipinski definition) is 2. The maximum absolute atomic E-state index is 11.7. The Bertz CT molecular complexity index is 649. The van der Waals surface area contributed by atoms with Gasteiger partial charge in [0.2, 0.25) is 0 Å². The molecule has 1 aromatic carbocycles. The Hall–Kier alpha value is -2.07. The molecule has 1 heterocycles. The van der Waals surface area contributed by atoms with E-state index in [-0.39, 0.29) is 17.4 Å². The second-order valence-electron chi connectivity index (χ2n) is 4.76. The predicted molar refractivity (Wildman–Crippen MR) is 74.9 cm³/mol. The van der Waals surface area contributed by atoms with Gasteiger partial charge in [0, 0.05) is 6.54 Å². The Balaban J connectivity index is 1.86. The van der Waals surface area contributed by atoms with Crippen molar-refractivity contribution in [3.05, 3.63) is 29.8 Å². The first-order valence-corrected chi connectivity index (χ1v) is 8.07. The van der Waals surface area contributed by atoms with Crippen LogP contribution < -0.4 is 10.6 Å². The molecule has 0 aliphatic carbocycles. The lowest BCUT2D eigenvalue weighted by atomic mass is 10.1. The molecule has 0 saturated carbocycles. The number of hydrogen-bond acceptors (Lipinski definition) is 4. The van der Waals surface area contributed by atoms with Crippen LogP contribution in [-0.2, 0) is 9.84 Å². The number of para-hydroxylation sites is 1. The first-order valence-electron chi connectivity index (χ1n) is 6.24. The number of rotatable bonds is 3. The molecule has 1 fully saturated rings. The van der Waals surface area contributed by atoms with Gasteiger partial charge in [0.25, 0.3) is 0 Å². The fraction of sp³-hybridized carbons (Fsp3) is 0.385. The van der Waals surface area contributed by atoms with Gasteiger partial charge in [0.05, 0.1) is 22.8 Å². The summed E-state index contributed by atoms with van der Waals surface area (Å²) >= 11 is 0. The third-order valence-electron chi connectivity index (χ3n) is 3.17. The van der Waals surface area contributed by atoms with Crippen molar-refractivity contribution in [1.29, 1.82) is 5.26 Å². The van der Waals surface area contributed by atoms with Gasteiger partial charge in [-0.1, -0.05) is 12.1 Å². The van der Waals surface area contributed by atoms with Crippen LogP contribution in [0.1, 0.15) is 12.0 Å². The highest BCUT2D eigenvalue weighted by molar-refractivity contribution is 7.91. The van der Waals surface area contributed by atoms with Gasteiger partial charge in [0.1, 0.15) is 6.07 Å². The summed E-state index contributed by atoms with van der Waals surface area (Å²) in [6, 6.07) is 8.24. The Morgan fingerprint density at radius 3 is 2.80 bits per heavy atom. The average Bonchev–Trinajstić information content (AvgIpc) is 2.77. The number of sulfone groups is 1. The molecule has 0 aromatic heterocycles. The molecule has 1 aliphatic rings. The van der Waals surface area contributed by atoms with Gasteiger partial charge >= 0.3 is 6.03 Å². The number of carbonyl (C=O) groups is 1. The average molecular weight is 293 g/mol. The minimum atomic E-state index is -2.93. The van der Waals surface area contributed by atoms with E-state index in [4.69, 9.17) is 5.26 Å². The van der Waals surface area contributed by atoms with E-state index in [1.807, 2.05) is 6.07 Å². The van der Waals surface area contributed by atoms with Gasteiger partial charge in [-0.2, -0.15) is 5.26 Å². The van der Waals surface area contributed by atoms with Crippen molar-refractivity contribution < 1.29 is 13.2 Å². The van der Waals surface area contributed by atoms with Crippen molar-refractivity contribution in [3.8, 4) is 6.07 Å². The van der Waals surface area contributed by atoms with E-state index in [1.54, 1.807) is 24.3 Å². The molecule has 7 heteroatoms. The molecule has 1 aromatic rings. The fourth-order valence-corrected chi connectivity index (χ4v) is 3.99. The topological polar surface area (TPSA) is 99.1 Å². The van der Waals surface area contributed by atoms with E-state index in [0.717, 1.165) is 0 Å². The van der Waals surface area contributed by atoms with Gasteiger partial charge in [-0.3, -0.25) is 0 Å². The number of nitrogens with one attached hydrogen (secondary N) is 2. The third kappa shape index (κ3) is 3.71. The zero-order chi connectivity index (χ0) is 14.6. The van der Waals surface area contributed by atoms with Crippen LogP contribution in [0.15, 0.2) is 24.3 Å². The molecular formula is C13H15N3O3S. The summed E-state index contributed by atoms with van der Waals surface area (Å²) in [6.07, 6.45) is 0.581. The Labute approximate surface area is 117 Å². The number of nitriles is 1. The molecule has 0 radical (unpaired) electrons. The van der Waals surface area contributed by atoms with Crippen LogP contribution in [0.25, 0.3) is 0 Å². The minimum Gasteiger partial charge on any atom is -0.338 e. The summed E-state index contributed by atoms with van der Waals surface area (Å²) in [6.45, 7) is 0.319.